The van der Waals surface area contributed by atoms with E-state index in [0.29, 0.717) is 46.8 Å². The van der Waals surface area contributed by atoms with Gasteiger partial charge in [0.2, 0.25) is 0 Å². The summed E-state index contributed by atoms with van der Waals surface area (Å²) in [6.07, 6.45) is 2.06. The molecule has 0 aliphatic heterocycles. The number of benzene rings is 2. The molecule has 164 valence electrons. The van der Waals surface area contributed by atoms with Crippen LogP contribution in [0.4, 0.5) is 0 Å². The molecule has 0 saturated carbocycles. The average Bonchev–Trinajstić information content (AvgIpc) is 3.13. The summed E-state index contributed by atoms with van der Waals surface area (Å²) in [7, 11) is 1.58. The Hall–Kier alpha value is -3.55. The minimum atomic E-state index is -0.949. The largest absolute Gasteiger partial charge is 0.505 e. The molecule has 0 bridgehead atoms. The Kier molecular flexibility index (Phi) is 6.19. The van der Waals surface area contributed by atoms with Crippen LogP contribution in [-0.4, -0.2) is 44.9 Å². The molecule has 31 heavy (non-hydrogen) atoms. The zero-order chi connectivity index (χ0) is 22.8. The van der Waals surface area contributed by atoms with Crippen molar-refractivity contribution in [2.75, 3.05) is 13.7 Å². The van der Waals surface area contributed by atoms with Crippen LogP contribution in [-0.2, 0) is 10.2 Å². The monoisotopic (exact) mass is 425 g/mol. The van der Waals surface area contributed by atoms with Crippen LogP contribution in [0.15, 0.2) is 42.0 Å². The number of hydrogen-bond acceptors (Lipinski definition) is 6. The highest BCUT2D eigenvalue weighted by molar-refractivity contribution is 5.85. The SMILES string of the molecule is COc1ccc2nn(-c3cc(OCCC=C(C)C(=O)O)cc(C(C)(C)C)c3O)nc2c1. The Morgan fingerprint density at radius 3 is 2.48 bits per heavy atom. The fraction of sp³-hybridized carbons (Fsp3) is 0.348. The number of aromatic hydroxyl groups is 1. The maximum Gasteiger partial charge on any atom is 0.330 e. The van der Waals surface area contributed by atoms with Gasteiger partial charge in [-0.2, -0.15) is 0 Å². The van der Waals surface area contributed by atoms with E-state index in [4.69, 9.17) is 14.6 Å². The number of carbonyl (C=O) groups is 1. The minimum Gasteiger partial charge on any atom is -0.505 e. The van der Waals surface area contributed by atoms with Crippen molar-refractivity contribution in [2.24, 2.45) is 0 Å². The molecule has 1 heterocycles. The minimum absolute atomic E-state index is 0.0775. The Labute approximate surface area is 180 Å². The number of phenols is 1. The first-order valence-corrected chi connectivity index (χ1v) is 9.92. The number of aromatic nitrogens is 3. The van der Waals surface area contributed by atoms with Gasteiger partial charge in [-0.3, -0.25) is 0 Å². The Morgan fingerprint density at radius 1 is 1.13 bits per heavy atom. The second-order valence-electron chi connectivity index (χ2n) is 8.26. The zero-order valence-electron chi connectivity index (χ0n) is 18.3. The topological polar surface area (TPSA) is 107 Å². The molecular formula is C23H27N3O5. The first-order valence-electron chi connectivity index (χ1n) is 9.92. The normalized spacial score (nSPS) is 12.2. The molecule has 2 aromatic carbocycles. The summed E-state index contributed by atoms with van der Waals surface area (Å²) in [4.78, 5) is 12.3. The van der Waals surface area contributed by atoms with Crippen LogP contribution in [0.1, 0.15) is 39.7 Å². The molecule has 1 aromatic heterocycles. The van der Waals surface area contributed by atoms with E-state index in [0.717, 1.165) is 0 Å². The molecule has 8 heteroatoms. The van der Waals surface area contributed by atoms with Crippen LogP contribution in [0.25, 0.3) is 16.7 Å². The number of methoxy groups -OCH3 is 1. The van der Waals surface area contributed by atoms with E-state index < -0.39 is 5.97 Å². The Balaban J connectivity index is 1.98. The lowest BCUT2D eigenvalue weighted by Crippen LogP contribution is -2.14. The third-order valence-electron chi connectivity index (χ3n) is 4.85. The first-order chi connectivity index (χ1) is 14.6. The van der Waals surface area contributed by atoms with E-state index in [9.17, 15) is 9.90 Å². The van der Waals surface area contributed by atoms with Crippen molar-refractivity contribution in [3.8, 4) is 22.9 Å². The molecule has 0 unspecified atom stereocenters. The molecule has 0 aliphatic carbocycles. The van der Waals surface area contributed by atoms with Gasteiger partial charge in [-0.25, -0.2) is 4.79 Å². The van der Waals surface area contributed by atoms with E-state index in [2.05, 4.69) is 10.2 Å². The number of phenolic OH excluding ortho intramolecular Hbond substituents is 1. The van der Waals surface area contributed by atoms with Crippen molar-refractivity contribution >= 4 is 17.0 Å². The van der Waals surface area contributed by atoms with Crippen molar-refractivity contribution in [2.45, 2.75) is 39.5 Å². The molecule has 0 spiro atoms. The third kappa shape index (κ3) is 4.96. The molecule has 0 fully saturated rings. The van der Waals surface area contributed by atoms with Gasteiger partial charge in [0.1, 0.15) is 34.0 Å². The highest BCUT2D eigenvalue weighted by atomic mass is 16.5. The second kappa shape index (κ2) is 8.67. The molecule has 0 amide bonds. The third-order valence-corrected chi connectivity index (χ3v) is 4.85. The molecule has 2 N–H and O–H groups in total. The Bertz CT molecular complexity index is 1140. The van der Waals surface area contributed by atoms with Gasteiger partial charge in [-0.15, -0.1) is 15.0 Å². The molecule has 0 atom stereocenters. The zero-order valence-corrected chi connectivity index (χ0v) is 18.3. The first kappa shape index (κ1) is 22.1. The highest BCUT2D eigenvalue weighted by Gasteiger charge is 2.24. The van der Waals surface area contributed by atoms with Gasteiger partial charge in [0.25, 0.3) is 0 Å². The second-order valence-corrected chi connectivity index (χ2v) is 8.26. The molecule has 0 aliphatic rings. The number of aliphatic carboxylic acids is 1. The van der Waals surface area contributed by atoms with Gasteiger partial charge in [-0.05, 0) is 30.5 Å². The fourth-order valence-corrected chi connectivity index (χ4v) is 3.07. The van der Waals surface area contributed by atoms with Crippen LogP contribution in [0.2, 0.25) is 0 Å². The van der Waals surface area contributed by atoms with Crippen LogP contribution >= 0.6 is 0 Å². The predicted octanol–water partition coefficient (Wildman–Crippen LogP) is 4.23. The lowest BCUT2D eigenvalue weighted by atomic mass is 9.86. The molecule has 0 saturated heterocycles. The van der Waals surface area contributed by atoms with Crippen LogP contribution in [0, 0.1) is 0 Å². The number of hydrogen-bond donors (Lipinski definition) is 2. The summed E-state index contributed by atoms with van der Waals surface area (Å²) in [5, 5.41) is 28.9. The molecule has 0 radical (unpaired) electrons. The summed E-state index contributed by atoms with van der Waals surface area (Å²) in [6, 6.07) is 8.84. The summed E-state index contributed by atoms with van der Waals surface area (Å²) >= 11 is 0. The maximum atomic E-state index is 11.0. The summed E-state index contributed by atoms with van der Waals surface area (Å²) in [6.45, 7) is 7.82. The summed E-state index contributed by atoms with van der Waals surface area (Å²) < 4.78 is 11.1. The summed E-state index contributed by atoms with van der Waals surface area (Å²) in [5.74, 6) is 0.336. The molecule has 8 nitrogen and oxygen atoms in total. The average molecular weight is 425 g/mol. The van der Waals surface area contributed by atoms with Gasteiger partial charge >= 0.3 is 5.97 Å². The predicted molar refractivity (Wildman–Crippen MR) is 117 cm³/mol. The number of rotatable bonds is 7. The van der Waals surface area contributed by atoms with Gasteiger partial charge < -0.3 is 19.7 Å². The van der Waals surface area contributed by atoms with Gasteiger partial charge in [-0.1, -0.05) is 26.8 Å². The number of fused-ring (bicyclic) bond motifs is 1. The maximum absolute atomic E-state index is 11.0. The Morgan fingerprint density at radius 2 is 1.84 bits per heavy atom. The summed E-state index contributed by atoms with van der Waals surface area (Å²) in [5.41, 5.74) is 2.31. The van der Waals surface area contributed by atoms with Crippen molar-refractivity contribution < 1.29 is 24.5 Å². The van der Waals surface area contributed by atoms with E-state index in [1.165, 1.54) is 4.80 Å². The van der Waals surface area contributed by atoms with Gasteiger partial charge in [0, 0.05) is 29.7 Å². The van der Waals surface area contributed by atoms with E-state index in [1.54, 1.807) is 50.4 Å². The van der Waals surface area contributed by atoms with Gasteiger partial charge in [0.15, 0.2) is 0 Å². The van der Waals surface area contributed by atoms with Crippen LogP contribution in [0.3, 0.4) is 0 Å². The lowest BCUT2D eigenvalue weighted by molar-refractivity contribution is -0.132. The van der Waals surface area contributed by atoms with Crippen molar-refractivity contribution in [1.29, 1.82) is 0 Å². The van der Waals surface area contributed by atoms with Gasteiger partial charge in [0.05, 0.1) is 13.7 Å². The van der Waals surface area contributed by atoms with Crippen molar-refractivity contribution in [1.82, 2.24) is 15.0 Å². The van der Waals surface area contributed by atoms with E-state index >= 15 is 0 Å². The fourth-order valence-electron chi connectivity index (χ4n) is 3.07. The quantitative estimate of drug-likeness (QED) is 0.431. The standard InChI is InChI=1S/C23H27N3O5/c1-14(22(28)29)7-6-10-31-16-11-17(23(2,3)4)21(27)20(13-16)26-24-18-9-8-15(30-5)12-19(18)25-26/h7-9,11-13,27H,6,10H2,1-5H3,(H,28,29). The molecular weight excluding hydrogens is 398 g/mol. The van der Waals surface area contributed by atoms with Crippen LogP contribution in [0.5, 0.6) is 17.2 Å². The smallest absolute Gasteiger partial charge is 0.330 e. The lowest BCUT2D eigenvalue weighted by Gasteiger charge is -2.23. The van der Waals surface area contributed by atoms with Crippen LogP contribution < -0.4 is 9.47 Å². The van der Waals surface area contributed by atoms with E-state index in [-0.39, 0.29) is 16.7 Å². The number of carboxylic acid groups (broad SMARTS) is 1. The van der Waals surface area contributed by atoms with Crippen molar-refractivity contribution in [3.05, 3.63) is 47.5 Å². The highest BCUT2D eigenvalue weighted by Crippen LogP contribution is 2.38. The molecule has 3 rings (SSSR count). The van der Waals surface area contributed by atoms with E-state index in [1.807, 2.05) is 20.8 Å². The number of nitrogens with zero attached hydrogens (tertiary/aromatic N) is 3. The molecule has 3 aromatic rings. The number of ether oxygens (including phenoxy) is 2. The van der Waals surface area contributed by atoms with Crippen molar-refractivity contribution in [3.63, 3.8) is 0 Å². The number of carboxylic acids is 1.